The van der Waals surface area contributed by atoms with Gasteiger partial charge in [0.05, 0.1) is 5.54 Å². The summed E-state index contributed by atoms with van der Waals surface area (Å²) in [5, 5.41) is 8.86. The van der Waals surface area contributed by atoms with Crippen molar-refractivity contribution in [1.29, 1.82) is 5.26 Å². The largest absolute Gasteiger partial charge is 0.374 e. The van der Waals surface area contributed by atoms with E-state index < -0.39 is 0 Å². The van der Waals surface area contributed by atoms with Crippen molar-refractivity contribution in [2.75, 3.05) is 7.11 Å². The molecule has 74 valence electrons. The van der Waals surface area contributed by atoms with E-state index in [0.717, 1.165) is 6.42 Å². The lowest BCUT2D eigenvalue weighted by Gasteiger charge is -2.16. The minimum Gasteiger partial charge on any atom is -0.374 e. The molecule has 1 atom stereocenters. The molecule has 0 N–H and O–H groups in total. The molecule has 0 spiro atoms. The number of methoxy groups -OCH3 is 1. The Labute approximate surface area is 80.4 Å². The van der Waals surface area contributed by atoms with Gasteiger partial charge in [-0.1, -0.05) is 6.92 Å². The van der Waals surface area contributed by atoms with E-state index in [1.807, 2.05) is 27.7 Å². The van der Waals surface area contributed by atoms with Crippen LogP contribution >= 0.6 is 0 Å². The minimum atomic E-state index is -0.211. The van der Waals surface area contributed by atoms with Crippen molar-refractivity contribution in [3.63, 3.8) is 0 Å². The number of nitriles is 1. The molecule has 13 heavy (non-hydrogen) atoms. The second-order valence-corrected chi connectivity index (χ2v) is 3.91. The van der Waals surface area contributed by atoms with E-state index in [2.05, 4.69) is 11.1 Å². The average molecular weight is 182 g/mol. The van der Waals surface area contributed by atoms with Gasteiger partial charge in [-0.25, -0.2) is 0 Å². The Balaban J connectivity index is 4.70. The molecule has 0 fully saturated rings. The first-order chi connectivity index (χ1) is 5.94. The van der Waals surface area contributed by atoms with Crippen molar-refractivity contribution in [1.82, 2.24) is 0 Å². The van der Waals surface area contributed by atoms with Crippen LogP contribution in [0.15, 0.2) is 4.99 Å². The second kappa shape index (κ2) is 4.98. The minimum absolute atomic E-state index is 0.163. The Kier molecular flexibility index (Phi) is 4.64. The third-order valence-corrected chi connectivity index (χ3v) is 1.53. The summed E-state index contributed by atoms with van der Waals surface area (Å²) in [6.45, 7) is 7.87. The molecule has 1 unspecified atom stereocenters. The van der Waals surface area contributed by atoms with Crippen LogP contribution in [0, 0.1) is 11.3 Å². The Bertz CT molecular complexity index is 216. The first kappa shape index (κ1) is 12.1. The van der Waals surface area contributed by atoms with E-state index in [1.54, 1.807) is 7.11 Å². The third kappa shape index (κ3) is 4.64. The normalized spacial score (nSPS) is 15.2. The predicted molar refractivity (Wildman–Crippen MR) is 53.9 cm³/mol. The molecule has 0 aromatic heterocycles. The van der Waals surface area contributed by atoms with Crippen molar-refractivity contribution < 1.29 is 4.74 Å². The van der Waals surface area contributed by atoms with Gasteiger partial charge >= 0.3 is 0 Å². The maximum absolute atomic E-state index is 8.86. The molecule has 0 aliphatic rings. The van der Waals surface area contributed by atoms with E-state index in [4.69, 9.17) is 10.00 Å². The Morgan fingerprint density at radius 3 is 2.31 bits per heavy atom. The van der Waals surface area contributed by atoms with Gasteiger partial charge in [0.2, 0.25) is 0 Å². The number of rotatable bonds is 3. The molecule has 0 amide bonds. The standard InChI is InChI=1S/C10H18N2O/c1-6-9(13-5)8(7-11)12-10(2,3)4/h9H,6H2,1-5H3. The van der Waals surface area contributed by atoms with Gasteiger partial charge in [0.1, 0.15) is 17.9 Å². The van der Waals surface area contributed by atoms with Gasteiger partial charge < -0.3 is 4.74 Å². The maximum atomic E-state index is 8.86. The summed E-state index contributed by atoms with van der Waals surface area (Å²) in [6.07, 6.45) is 0.614. The molecule has 3 nitrogen and oxygen atoms in total. The van der Waals surface area contributed by atoms with Gasteiger partial charge in [0.15, 0.2) is 0 Å². The molecule has 0 aliphatic carbocycles. The van der Waals surface area contributed by atoms with Crippen LogP contribution in [0.1, 0.15) is 34.1 Å². The van der Waals surface area contributed by atoms with Gasteiger partial charge in [-0.05, 0) is 27.2 Å². The highest BCUT2D eigenvalue weighted by Crippen LogP contribution is 2.10. The molecule has 0 heterocycles. The highest BCUT2D eigenvalue weighted by molar-refractivity contribution is 6.02. The summed E-state index contributed by atoms with van der Waals surface area (Å²) in [5.74, 6) is 0. The molecule has 0 rings (SSSR count). The first-order valence-electron chi connectivity index (χ1n) is 4.47. The summed E-state index contributed by atoms with van der Waals surface area (Å²) in [6, 6.07) is 2.09. The zero-order chi connectivity index (χ0) is 10.5. The van der Waals surface area contributed by atoms with E-state index in [1.165, 1.54) is 0 Å². The van der Waals surface area contributed by atoms with E-state index in [-0.39, 0.29) is 11.6 Å². The molecular weight excluding hydrogens is 164 g/mol. The molecule has 0 aromatic carbocycles. The smallest absolute Gasteiger partial charge is 0.141 e. The monoisotopic (exact) mass is 182 g/mol. The Morgan fingerprint density at radius 1 is 1.54 bits per heavy atom. The lowest BCUT2D eigenvalue weighted by molar-refractivity contribution is 0.153. The third-order valence-electron chi connectivity index (χ3n) is 1.53. The summed E-state index contributed by atoms with van der Waals surface area (Å²) < 4.78 is 5.15. The fraction of sp³-hybridized carbons (Fsp3) is 0.800. The summed E-state index contributed by atoms with van der Waals surface area (Å²) in [7, 11) is 1.60. The summed E-state index contributed by atoms with van der Waals surface area (Å²) >= 11 is 0. The molecule has 0 aliphatic heterocycles. The molecule has 0 saturated heterocycles. The number of nitrogens with zero attached hydrogens (tertiary/aromatic N) is 2. The van der Waals surface area contributed by atoms with E-state index in [9.17, 15) is 0 Å². The van der Waals surface area contributed by atoms with E-state index >= 15 is 0 Å². The van der Waals surface area contributed by atoms with Crippen LogP contribution in [0.2, 0.25) is 0 Å². The second-order valence-electron chi connectivity index (χ2n) is 3.91. The van der Waals surface area contributed by atoms with Crippen molar-refractivity contribution in [2.45, 2.75) is 45.8 Å². The number of hydrogen-bond donors (Lipinski definition) is 0. The fourth-order valence-corrected chi connectivity index (χ4v) is 1.00. The lowest BCUT2D eigenvalue weighted by Crippen LogP contribution is -2.25. The zero-order valence-electron chi connectivity index (χ0n) is 9.09. The highest BCUT2D eigenvalue weighted by atomic mass is 16.5. The predicted octanol–water partition coefficient (Wildman–Crippen LogP) is 2.17. The van der Waals surface area contributed by atoms with Crippen molar-refractivity contribution >= 4 is 5.71 Å². The molecule has 0 aromatic rings. The van der Waals surface area contributed by atoms with Crippen LogP contribution in [-0.2, 0) is 4.74 Å². The molecule has 3 heteroatoms. The molecular formula is C10H18N2O. The van der Waals surface area contributed by atoms with Gasteiger partial charge in [0, 0.05) is 7.11 Å². The van der Waals surface area contributed by atoms with Crippen LogP contribution in [0.4, 0.5) is 0 Å². The number of aliphatic imine (C=N–C) groups is 1. The van der Waals surface area contributed by atoms with Gasteiger partial charge in [-0.15, -0.1) is 0 Å². The van der Waals surface area contributed by atoms with Crippen LogP contribution in [-0.4, -0.2) is 24.5 Å². The average Bonchev–Trinajstić information content (AvgIpc) is 2.02. The Morgan fingerprint density at radius 2 is 2.08 bits per heavy atom. The van der Waals surface area contributed by atoms with Crippen LogP contribution < -0.4 is 0 Å². The SMILES string of the molecule is CCC(OC)C(C#N)=NC(C)(C)C. The van der Waals surface area contributed by atoms with Gasteiger partial charge in [0.25, 0.3) is 0 Å². The van der Waals surface area contributed by atoms with Gasteiger partial charge in [-0.2, -0.15) is 5.26 Å². The van der Waals surface area contributed by atoms with Crippen LogP contribution in [0.5, 0.6) is 0 Å². The summed E-state index contributed by atoms with van der Waals surface area (Å²) in [5.41, 5.74) is 0.273. The van der Waals surface area contributed by atoms with E-state index in [0.29, 0.717) is 5.71 Å². The van der Waals surface area contributed by atoms with Crippen molar-refractivity contribution in [3.05, 3.63) is 0 Å². The quantitative estimate of drug-likeness (QED) is 0.628. The molecule has 0 saturated carbocycles. The lowest BCUT2D eigenvalue weighted by atomic mass is 10.1. The summed E-state index contributed by atoms with van der Waals surface area (Å²) in [4.78, 5) is 4.30. The molecule has 0 bridgehead atoms. The zero-order valence-corrected chi connectivity index (χ0v) is 9.09. The van der Waals surface area contributed by atoms with Crippen molar-refractivity contribution in [3.8, 4) is 6.07 Å². The van der Waals surface area contributed by atoms with Crippen LogP contribution in [0.25, 0.3) is 0 Å². The van der Waals surface area contributed by atoms with Gasteiger partial charge in [-0.3, -0.25) is 4.99 Å². The Hall–Kier alpha value is -0.880. The maximum Gasteiger partial charge on any atom is 0.141 e. The molecule has 0 radical (unpaired) electrons. The highest BCUT2D eigenvalue weighted by Gasteiger charge is 2.16. The topological polar surface area (TPSA) is 45.4 Å². The fourth-order valence-electron chi connectivity index (χ4n) is 1.00. The van der Waals surface area contributed by atoms with Crippen molar-refractivity contribution in [2.24, 2.45) is 4.99 Å². The number of ether oxygens (including phenoxy) is 1. The first-order valence-corrected chi connectivity index (χ1v) is 4.47. The van der Waals surface area contributed by atoms with Crippen LogP contribution in [0.3, 0.4) is 0 Å². The number of hydrogen-bond acceptors (Lipinski definition) is 3.